The molecule has 0 atom stereocenters. The molecular weight excluding hydrogens is 302 g/mol. The van der Waals surface area contributed by atoms with Crippen LogP contribution in [0.1, 0.15) is 16.1 Å². The van der Waals surface area contributed by atoms with Crippen molar-refractivity contribution in [1.82, 2.24) is 19.9 Å². The number of aromatic nitrogens is 3. The van der Waals surface area contributed by atoms with E-state index in [-0.39, 0.29) is 5.91 Å². The lowest BCUT2D eigenvalue weighted by atomic mass is 10.2. The van der Waals surface area contributed by atoms with Gasteiger partial charge in [-0.3, -0.25) is 4.79 Å². The van der Waals surface area contributed by atoms with Gasteiger partial charge in [-0.1, -0.05) is 12.1 Å². The van der Waals surface area contributed by atoms with Crippen molar-refractivity contribution in [3.8, 4) is 0 Å². The molecule has 6 nitrogen and oxygen atoms in total. The molecule has 1 aliphatic rings. The molecule has 122 valence electrons. The zero-order valence-electron chi connectivity index (χ0n) is 13.6. The molecule has 1 amide bonds. The first-order valence-corrected chi connectivity index (χ1v) is 8.11. The Morgan fingerprint density at radius 1 is 1.08 bits per heavy atom. The Morgan fingerprint density at radius 3 is 2.58 bits per heavy atom. The van der Waals surface area contributed by atoms with Crippen molar-refractivity contribution in [2.45, 2.75) is 6.92 Å². The lowest BCUT2D eigenvalue weighted by molar-refractivity contribution is 0.0741. The molecule has 4 rings (SSSR count). The van der Waals surface area contributed by atoms with Crippen molar-refractivity contribution >= 4 is 22.8 Å². The van der Waals surface area contributed by atoms with Gasteiger partial charge in [0, 0.05) is 49.5 Å². The van der Waals surface area contributed by atoms with Crippen LogP contribution in [0, 0.1) is 6.92 Å². The van der Waals surface area contributed by atoms with Crippen molar-refractivity contribution in [2.75, 3.05) is 31.1 Å². The Bertz CT molecular complexity index is 866. The number of piperazine rings is 1. The summed E-state index contributed by atoms with van der Waals surface area (Å²) in [5.41, 5.74) is 2.84. The Hall–Kier alpha value is -2.89. The summed E-state index contributed by atoms with van der Waals surface area (Å²) >= 11 is 0. The molecule has 24 heavy (non-hydrogen) atoms. The summed E-state index contributed by atoms with van der Waals surface area (Å²) in [6, 6.07) is 9.91. The predicted molar refractivity (Wildman–Crippen MR) is 93.2 cm³/mol. The molecule has 1 aromatic carbocycles. The average molecular weight is 321 g/mol. The van der Waals surface area contributed by atoms with Crippen molar-refractivity contribution in [1.29, 1.82) is 0 Å². The first-order valence-electron chi connectivity index (χ1n) is 8.11. The van der Waals surface area contributed by atoms with Crippen LogP contribution in [0.15, 0.2) is 42.7 Å². The number of aromatic amines is 1. The van der Waals surface area contributed by atoms with E-state index < -0.39 is 0 Å². The number of amides is 1. The van der Waals surface area contributed by atoms with Crippen molar-refractivity contribution in [3.05, 3.63) is 54.0 Å². The Labute approximate surface area is 140 Å². The third-order valence-corrected chi connectivity index (χ3v) is 4.41. The minimum Gasteiger partial charge on any atom is -0.351 e. The lowest BCUT2D eigenvalue weighted by Crippen LogP contribution is -2.49. The molecular formula is C18H19N5O. The van der Waals surface area contributed by atoms with Crippen LogP contribution in [-0.4, -0.2) is 51.9 Å². The summed E-state index contributed by atoms with van der Waals surface area (Å²) in [4.78, 5) is 28.5. The minimum atomic E-state index is 0.0532. The molecule has 1 saturated heterocycles. The molecule has 3 heterocycles. The number of rotatable bonds is 2. The number of hydrogen-bond donors (Lipinski definition) is 1. The second-order valence-corrected chi connectivity index (χ2v) is 6.10. The molecule has 0 saturated carbocycles. The first-order chi connectivity index (χ1) is 11.7. The topological polar surface area (TPSA) is 65.1 Å². The van der Waals surface area contributed by atoms with E-state index in [4.69, 9.17) is 0 Å². The Morgan fingerprint density at radius 2 is 1.83 bits per heavy atom. The maximum absolute atomic E-state index is 12.7. The fourth-order valence-corrected chi connectivity index (χ4v) is 3.09. The van der Waals surface area contributed by atoms with E-state index in [9.17, 15) is 4.79 Å². The summed E-state index contributed by atoms with van der Waals surface area (Å²) in [5, 5.41) is 1.07. The second kappa shape index (κ2) is 5.96. The lowest BCUT2D eigenvalue weighted by Gasteiger charge is -2.34. The highest BCUT2D eigenvalue weighted by Crippen LogP contribution is 2.19. The van der Waals surface area contributed by atoms with E-state index in [2.05, 4.69) is 32.0 Å². The predicted octanol–water partition coefficient (Wildman–Crippen LogP) is 2.23. The highest BCUT2D eigenvalue weighted by molar-refractivity contribution is 5.98. The number of hydrogen-bond acceptors (Lipinski definition) is 4. The smallest absolute Gasteiger partial charge is 0.270 e. The van der Waals surface area contributed by atoms with Crippen LogP contribution < -0.4 is 4.90 Å². The Balaban J connectivity index is 1.47. The van der Waals surface area contributed by atoms with Crippen LogP contribution in [0.25, 0.3) is 10.9 Å². The Kier molecular flexibility index (Phi) is 3.65. The van der Waals surface area contributed by atoms with Gasteiger partial charge in [0.1, 0.15) is 5.69 Å². The SMILES string of the molecule is Cc1ccc2cc(C(=O)N3CCN(c4ncccn4)CC3)[nH]c2c1. The van der Waals surface area contributed by atoms with Gasteiger partial charge in [0.25, 0.3) is 5.91 Å². The fraction of sp³-hybridized carbons (Fsp3) is 0.278. The molecule has 0 aliphatic carbocycles. The maximum atomic E-state index is 12.7. The van der Waals surface area contributed by atoms with Gasteiger partial charge in [0.15, 0.2) is 0 Å². The third kappa shape index (κ3) is 2.71. The van der Waals surface area contributed by atoms with E-state index in [1.54, 1.807) is 18.5 Å². The summed E-state index contributed by atoms with van der Waals surface area (Å²) < 4.78 is 0. The molecule has 2 aromatic heterocycles. The van der Waals surface area contributed by atoms with Crippen LogP contribution in [0.4, 0.5) is 5.95 Å². The van der Waals surface area contributed by atoms with E-state index in [0.29, 0.717) is 18.8 Å². The summed E-state index contributed by atoms with van der Waals surface area (Å²) in [6.07, 6.45) is 3.48. The largest absolute Gasteiger partial charge is 0.351 e. The molecule has 1 N–H and O–H groups in total. The fourth-order valence-electron chi connectivity index (χ4n) is 3.09. The van der Waals surface area contributed by atoms with Gasteiger partial charge in [-0.15, -0.1) is 0 Å². The zero-order chi connectivity index (χ0) is 16.5. The van der Waals surface area contributed by atoms with E-state index >= 15 is 0 Å². The van der Waals surface area contributed by atoms with E-state index in [1.807, 2.05) is 24.0 Å². The summed E-state index contributed by atoms with van der Waals surface area (Å²) in [5.74, 6) is 0.781. The molecule has 1 fully saturated rings. The molecule has 6 heteroatoms. The van der Waals surface area contributed by atoms with Gasteiger partial charge in [0.2, 0.25) is 5.95 Å². The first kappa shape index (κ1) is 14.7. The summed E-state index contributed by atoms with van der Waals surface area (Å²) in [6.45, 7) is 4.88. The van der Waals surface area contributed by atoms with Gasteiger partial charge in [-0.05, 0) is 30.7 Å². The highest BCUT2D eigenvalue weighted by Gasteiger charge is 2.24. The van der Waals surface area contributed by atoms with Crippen LogP contribution >= 0.6 is 0 Å². The molecule has 0 radical (unpaired) electrons. The summed E-state index contributed by atoms with van der Waals surface area (Å²) in [7, 11) is 0. The van der Waals surface area contributed by atoms with Gasteiger partial charge < -0.3 is 14.8 Å². The average Bonchev–Trinajstić information content (AvgIpc) is 3.05. The molecule has 3 aromatic rings. The third-order valence-electron chi connectivity index (χ3n) is 4.41. The standard InChI is InChI=1S/C18H19N5O/c1-13-3-4-14-12-16(21-15(14)11-13)17(24)22-7-9-23(10-8-22)18-19-5-2-6-20-18/h2-6,11-12,21H,7-10H2,1H3. The number of aryl methyl sites for hydroxylation is 1. The highest BCUT2D eigenvalue weighted by atomic mass is 16.2. The van der Waals surface area contributed by atoms with Gasteiger partial charge >= 0.3 is 0 Å². The molecule has 0 unspecified atom stereocenters. The van der Waals surface area contributed by atoms with Crippen molar-refractivity contribution in [3.63, 3.8) is 0 Å². The second-order valence-electron chi connectivity index (χ2n) is 6.10. The van der Waals surface area contributed by atoms with Gasteiger partial charge in [-0.25, -0.2) is 9.97 Å². The number of anilines is 1. The van der Waals surface area contributed by atoms with Gasteiger partial charge in [-0.2, -0.15) is 0 Å². The van der Waals surface area contributed by atoms with Crippen molar-refractivity contribution < 1.29 is 4.79 Å². The van der Waals surface area contributed by atoms with Crippen LogP contribution in [-0.2, 0) is 0 Å². The number of H-pyrrole nitrogens is 1. The molecule has 1 aliphatic heterocycles. The minimum absolute atomic E-state index is 0.0532. The maximum Gasteiger partial charge on any atom is 0.270 e. The van der Waals surface area contributed by atoms with E-state index in [1.165, 1.54) is 5.56 Å². The monoisotopic (exact) mass is 321 g/mol. The van der Waals surface area contributed by atoms with Crippen molar-refractivity contribution in [2.24, 2.45) is 0 Å². The number of nitrogens with one attached hydrogen (secondary N) is 1. The van der Waals surface area contributed by atoms with Gasteiger partial charge in [0.05, 0.1) is 0 Å². The van der Waals surface area contributed by atoms with Crippen LogP contribution in [0.5, 0.6) is 0 Å². The molecule has 0 bridgehead atoms. The number of carbonyl (C=O) groups is 1. The molecule has 0 spiro atoms. The number of benzene rings is 1. The number of carbonyl (C=O) groups excluding carboxylic acids is 1. The number of fused-ring (bicyclic) bond motifs is 1. The quantitative estimate of drug-likeness (QED) is 0.786. The normalized spacial score (nSPS) is 15.0. The zero-order valence-corrected chi connectivity index (χ0v) is 13.6. The number of nitrogens with zero attached hydrogens (tertiary/aromatic N) is 4. The van der Waals surface area contributed by atoms with Crippen LogP contribution in [0.2, 0.25) is 0 Å². The van der Waals surface area contributed by atoms with E-state index in [0.717, 1.165) is 29.9 Å². The van der Waals surface area contributed by atoms with Crippen LogP contribution in [0.3, 0.4) is 0 Å².